The number of carbonyl (C=O) groups is 4. The van der Waals surface area contributed by atoms with Crippen LogP contribution >= 0.6 is 34.8 Å². The molecule has 0 aliphatic carbocycles. The van der Waals surface area contributed by atoms with Crippen LogP contribution in [0.1, 0.15) is 16.7 Å². The van der Waals surface area contributed by atoms with Crippen LogP contribution in [-0.2, 0) is 14.4 Å². The Bertz CT molecular complexity index is 1480. The van der Waals surface area contributed by atoms with Crippen molar-refractivity contribution in [3.8, 4) is 5.75 Å². The summed E-state index contributed by atoms with van der Waals surface area (Å²) in [6.07, 6.45) is 1.25. The number of nitrogens with one attached hydrogen (secondary N) is 2. The molecule has 1 aliphatic heterocycles. The van der Waals surface area contributed by atoms with Crippen LogP contribution in [0.5, 0.6) is 5.75 Å². The van der Waals surface area contributed by atoms with Crippen molar-refractivity contribution in [2.24, 2.45) is 0 Å². The summed E-state index contributed by atoms with van der Waals surface area (Å²) < 4.78 is 5.51. The second kappa shape index (κ2) is 11.3. The second-order valence-electron chi connectivity index (χ2n) is 8.41. The maximum Gasteiger partial charge on any atom is 0.335 e. The molecule has 2 N–H and O–H groups in total. The van der Waals surface area contributed by atoms with E-state index in [-0.39, 0.29) is 33.7 Å². The molecule has 0 saturated carbocycles. The zero-order chi connectivity index (χ0) is 27.6. The molecule has 0 aromatic heterocycles. The smallest absolute Gasteiger partial charge is 0.335 e. The molecule has 1 heterocycles. The van der Waals surface area contributed by atoms with Crippen molar-refractivity contribution >= 4 is 76.0 Å². The molecule has 0 bridgehead atoms. The van der Waals surface area contributed by atoms with Gasteiger partial charge in [-0.15, -0.1) is 0 Å². The SMILES string of the molecule is Cc1ccc(NC(=O)COc2c(Cl)cc(/C=C3\C(=O)NC(=O)N(c4ccc(C)c(Cl)c4)C3=O)cc2Cl)cc1. The van der Waals surface area contributed by atoms with Gasteiger partial charge in [-0.1, -0.05) is 58.6 Å². The Hall–Kier alpha value is -3.85. The van der Waals surface area contributed by atoms with E-state index in [1.807, 2.05) is 19.1 Å². The molecule has 0 radical (unpaired) electrons. The third kappa shape index (κ3) is 5.99. The van der Waals surface area contributed by atoms with Gasteiger partial charge in [-0.2, -0.15) is 0 Å². The Morgan fingerprint density at radius 2 is 1.61 bits per heavy atom. The van der Waals surface area contributed by atoms with E-state index in [1.165, 1.54) is 24.3 Å². The fourth-order valence-electron chi connectivity index (χ4n) is 3.55. The number of anilines is 2. The summed E-state index contributed by atoms with van der Waals surface area (Å²) in [6, 6.07) is 13.8. The highest BCUT2D eigenvalue weighted by Crippen LogP contribution is 2.35. The van der Waals surface area contributed by atoms with Crippen molar-refractivity contribution < 1.29 is 23.9 Å². The number of hydrogen-bond donors (Lipinski definition) is 2. The van der Waals surface area contributed by atoms with Crippen LogP contribution in [0.15, 0.2) is 60.2 Å². The van der Waals surface area contributed by atoms with Crippen LogP contribution in [0, 0.1) is 13.8 Å². The van der Waals surface area contributed by atoms with Crippen LogP contribution in [0.25, 0.3) is 6.08 Å². The van der Waals surface area contributed by atoms with Gasteiger partial charge in [0, 0.05) is 10.7 Å². The Morgan fingerprint density at radius 1 is 0.947 bits per heavy atom. The lowest BCUT2D eigenvalue weighted by atomic mass is 10.1. The average Bonchev–Trinajstić information content (AvgIpc) is 2.85. The minimum atomic E-state index is -0.902. The zero-order valence-corrected chi connectivity index (χ0v) is 22.4. The third-order valence-corrected chi connectivity index (χ3v) is 6.50. The van der Waals surface area contributed by atoms with Gasteiger partial charge < -0.3 is 10.1 Å². The Labute approximate surface area is 233 Å². The van der Waals surface area contributed by atoms with Crippen molar-refractivity contribution in [1.82, 2.24) is 5.32 Å². The van der Waals surface area contributed by atoms with E-state index < -0.39 is 23.8 Å². The van der Waals surface area contributed by atoms with Crippen LogP contribution in [0.2, 0.25) is 15.1 Å². The van der Waals surface area contributed by atoms with Crippen molar-refractivity contribution in [2.75, 3.05) is 16.8 Å². The van der Waals surface area contributed by atoms with Gasteiger partial charge in [0.25, 0.3) is 17.7 Å². The zero-order valence-electron chi connectivity index (χ0n) is 20.1. The predicted molar refractivity (Wildman–Crippen MR) is 147 cm³/mol. The van der Waals surface area contributed by atoms with Crippen LogP contribution < -0.4 is 20.3 Å². The molecule has 38 heavy (non-hydrogen) atoms. The molecule has 5 amide bonds. The molecule has 1 saturated heterocycles. The summed E-state index contributed by atoms with van der Waals surface area (Å²) in [5.74, 6) is -2.09. The molecule has 11 heteroatoms. The first-order valence-corrected chi connectivity index (χ1v) is 12.3. The number of aryl methyl sites for hydroxylation is 2. The number of hydrogen-bond acceptors (Lipinski definition) is 5. The van der Waals surface area contributed by atoms with Crippen molar-refractivity contribution in [3.05, 3.63) is 91.9 Å². The maximum atomic E-state index is 13.1. The van der Waals surface area contributed by atoms with E-state index >= 15 is 0 Å². The molecule has 1 fully saturated rings. The van der Waals surface area contributed by atoms with E-state index in [2.05, 4.69) is 10.6 Å². The Kier molecular flexibility index (Phi) is 8.06. The lowest BCUT2D eigenvalue weighted by molar-refractivity contribution is -0.122. The highest BCUT2D eigenvalue weighted by molar-refractivity contribution is 6.40. The fourth-order valence-corrected chi connectivity index (χ4v) is 4.34. The number of rotatable bonds is 6. The quantitative estimate of drug-likeness (QED) is 0.281. The number of ether oxygens (including phenoxy) is 1. The largest absolute Gasteiger partial charge is 0.481 e. The number of nitrogens with zero attached hydrogens (tertiary/aromatic N) is 1. The monoisotopic (exact) mass is 571 g/mol. The molecule has 3 aromatic rings. The van der Waals surface area contributed by atoms with E-state index in [1.54, 1.807) is 31.2 Å². The fraction of sp³-hybridized carbons (Fsp3) is 0.111. The summed E-state index contributed by atoms with van der Waals surface area (Å²) in [4.78, 5) is 51.1. The van der Waals surface area contributed by atoms with Crippen molar-refractivity contribution in [1.29, 1.82) is 0 Å². The second-order valence-corrected chi connectivity index (χ2v) is 9.63. The number of carbonyl (C=O) groups excluding carboxylic acids is 4. The first-order valence-electron chi connectivity index (χ1n) is 11.2. The molecular weight excluding hydrogens is 553 g/mol. The molecule has 194 valence electrons. The normalized spacial score (nSPS) is 14.5. The lowest BCUT2D eigenvalue weighted by Crippen LogP contribution is -2.54. The molecule has 0 unspecified atom stereocenters. The van der Waals surface area contributed by atoms with Gasteiger partial charge in [-0.05, 0) is 67.4 Å². The average molecular weight is 573 g/mol. The van der Waals surface area contributed by atoms with Gasteiger partial charge in [-0.25, -0.2) is 9.69 Å². The first kappa shape index (κ1) is 27.2. The highest BCUT2D eigenvalue weighted by Gasteiger charge is 2.37. The number of urea groups is 1. The molecule has 1 aliphatic rings. The molecule has 8 nitrogen and oxygen atoms in total. The molecule has 0 atom stereocenters. The number of halogens is 3. The number of benzene rings is 3. The van der Waals surface area contributed by atoms with Gasteiger partial charge in [0.15, 0.2) is 12.4 Å². The molecule has 0 spiro atoms. The Balaban J connectivity index is 1.53. The summed E-state index contributed by atoms with van der Waals surface area (Å²) >= 11 is 18.8. The Morgan fingerprint density at radius 3 is 2.24 bits per heavy atom. The van der Waals surface area contributed by atoms with Gasteiger partial charge in [0.1, 0.15) is 5.57 Å². The first-order chi connectivity index (χ1) is 18.0. The summed E-state index contributed by atoms with van der Waals surface area (Å²) in [7, 11) is 0. The number of amides is 5. The minimum absolute atomic E-state index is 0.0504. The lowest BCUT2D eigenvalue weighted by Gasteiger charge is -2.26. The van der Waals surface area contributed by atoms with Gasteiger partial charge in [0.2, 0.25) is 0 Å². The topological polar surface area (TPSA) is 105 Å². The van der Waals surface area contributed by atoms with E-state index in [9.17, 15) is 19.2 Å². The van der Waals surface area contributed by atoms with Crippen molar-refractivity contribution in [2.45, 2.75) is 13.8 Å². The summed E-state index contributed by atoms with van der Waals surface area (Å²) in [5.41, 5.74) is 2.60. The number of imide groups is 2. The third-order valence-electron chi connectivity index (χ3n) is 5.53. The highest BCUT2D eigenvalue weighted by atomic mass is 35.5. The number of barbiturate groups is 1. The molecule has 3 aromatic carbocycles. The standard InChI is InChI=1S/C27H20Cl3N3O5/c1-14-3-6-17(7-4-14)31-23(34)13-38-24-21(29)10-16(11-22(24)30)9-19-25(35)32-27(37)33(26(19)36)18-8-5-15(2)20(28)12-18/h3-12H,13H2,1-2H3,(H,31,34)(H,32,35,37)/b19-9+. The molecular formula is C27H20Cl3N3O5. The van der Waals surface area contributed by atoms with Gasteiger partial charge in [-0.3, -0.25) is 19.7 Å². The summed E-state index contributed by atoms with van der Waals surface area (Å²) in [6.45, 7) is 3.35. The van der Waals surface area contributed by atoms with Crippen LogP contribution in [0.3, 0.4) is 0 Å². The van der Waals surface area contributed by atoms with Crippen LogP contribution in [-0.4, -0.2) is 30.4 Å². The van der Waals surface area contributed by atoms with Gasteiger partial charge >= 0.3 is 6.03 Å². The van der Waals surface area contributed by atoms with Crippen LogP contribution in [0.4, 0.5) is 16.2 Å². The predicted octanol–water partition coefficient (Wildman–Crippen LogP) is 5.95. The van der Waals surface area contributed by atoms with E-state index in [4.69, 9.17) is 39.5 Å². The molecule has 4 rings (SSSR count). The summed E-state index contributed by atoms with van der Waals surface area (Å²) in [5, 5.41) is 5.29. The van der Waals surface area contributed by atoms with E-state index in [0.717, 1.165) is 16.0 Å². The van der Waals surface area contributed by atoms with E-state index in [0.29, 0.717) is 16.3 Å². The van der Waals surface area contributed by atoms with Gasteiger partial charge in [0.05, 0.1) is 15.7 Å². The minimum Gasteiger partial charge on any atom is -0.481 e. The maximum absolute atomic E-state index is 13.1. The van der Waals surface area contributed by atoms with Crippen molar-refractivity contribution in [3.63, 3.8) is 0 Å².